The Kier molecular flexibility index (Phi) is 3.05. The van der Waals surface area contributed by atoms with Gasteiger partial charge in [0, 0.05) is 0 Å². The Labute approximate surface area is 105 Å². The van der Waals surface area contributed by atoms with E-state index in [-0.39, 0.29) is 0 Å². The van der Waals surface area contributed by atoms with Gasteiger partial charge in [0.1, 0.15) is 0 Å². The molecule has 2 bridgehead atoms. The zero-order chi connectivity index (χ0) is 11.7. The van der Waals surface area contributed by atoms with Gasteiger partial charge < -0.3 is 0 Å². The van der Waals surface area contributed by atoms with Gasteiger partial charge >= 0.3 is 0 Å². The summed E-state index contributed by atoms with van der Waals surface area (Å²) < 4.78 is 0. The molecule has 3 rings (SSSR count). The van der Waals surface area contributed by atoms with Crippen LogP contribution in [0.5, 0.6) is 0 Å². The molecule has 2 fully saturated rings. The topological polar surface area (TPSA) is 0 Å². The number of rotatable bonds is 3. The van der Waals surface area contributed by atoms with E-state index in [9.17, 15) is 0 Å². The highest BCUT2D eigenvalue weighted by atomic mass is 14.4. The molecule has 3 unspecified atom stereocenters. The summed E-state index contributed by atoms with van der Waals surface area (Å²) in [6.45, 7) is 2.30. The summed E-state index contributed by atoms with van der Waals surface area (Å²) >= 11 is 0. The average Bonchev–Trinajstić information content (AvgIpc) is 2.92. The third-order valence-electron chi connectivity index (χ3n) is 4.68. The van der Waals surface area contributed by atoms with Crippen molar-refractivity contribution in [2.24, 2.45) is 17.8 Å². The Hall–Kier alpha value is -1.04. The summed E-state index contributed by atoms with van der Waals surface area (Å²) in [5.41, 5.74) is 2.92. The summed E-state index contributed by atoms with van der Waals surface area (Å²) in [6.07, 6.45) is 9.76. The summed E-state index contributed by atoms with van der Waals surface area (Å²) in [6, 6.07) is 10.7. The molecule has 0 saturated heterocycles. The Morgan fingerprint density at radius 2 is 2.00 bits per heavy atom. The van der Waals surface area contributed by atoms with E-state index >= 15 is 0 Å². The maximum absolute atomic E-state index is 2.37. The summed E-state index contributed by atoms with van der Waals surface area (Å²) in [5.74, 6) is 3.13. The molecule has 0 heteroatoms. The first-order valence-electron chi connectivity index (χ1n) is 7.03. The Balaban J connectivity index is 1.64. The van der Waals surface area contributed by atoms with Gasteiger partial charge in [-0.15, -0.1) is 0 Å². The Morgan fingerprint density at radius 3 is 2.65 bits per heavy atom. The molecule has 0 amide bonds. The van der Waals surface area contributed by atoms with E-state index in [1.807, 2.05) is 0 Å². The average molecular weight is 226 g/mol. The molecule has 1 aromatic carbocycles. The molecular weight excluding hydrogens is 204 g/mol. The van der Waals surface area contributed by atoms with Crippen LogP contribution >= 0.6 is 0 Å². The molecule has 0 N–H and O–H groups in total. The number of hydrogen-bond donors (Lipinski definition) is 0. The van der Waals surface area contributed by atoms with Crippen molar-refractivity contribution in [3.63, 3.8) is 0 Å². The van der Waals surface area contributed by atoms with Crippen molar-refractivity contribution >= 4 is 6.08 Å². The highest BCUT2D eigenvalue weighted by molar-refractivity contribution is 5.52. The minimum Gasteiger partial charge on any atom is -0.0724 e. The maximum Gasteiger partial charge on any atom is -0.0257 e. The lowest BCUT2D eigenvalue weighted by Crippen LogP contribution is -2.10. The second-order valence-electron chi connectivity index (χ2n) is 6.04. The molecule has 0 heterocycles. The van der Waals surface area contributed by atoms with Gasteiger partial charge in [-0.05, 0) is 55.9 Å². The molecule has 0 aromatic heterocycles. The van der Waals surface area contributed by atoms with Gasteiger partial charge in [-0.3, -0.25) is 0 Å². The van der Waals surface area contributed by atoms with Crippen LogP contribution in [0.4, 0.5) is 0 Å². The SMILES string of the molecule is C/C(=C\c1ccccc1)CC1CC2CCC1C2. The third-order valence-corrected chi connectivity index (χ3v) is 4.68. The first kappa shape index (κ1) is 11.1. The van der Waals surface area contributed by atoms with E-state index < -0.39 is 0 Å². The fraction of sp³-hybridized carbons (Fsp3) is 0.529. The van der Waals surface area contributed by atoms with Crippen LogP contribution in [-0.4, -0.2) is 0 Å². The summed E-state index contributed by atoms with van der Waals surface area (Å²) in [4.78, 5) is 0. The second-order valence-corrected chi connectivity index (χ2v) is 6.04. The smallest absolute Gasteiger partial charge is 0.0257 e. The fourth-order valence-corrected chi connectivity index (χ4v) is 3.93. The number of allylic oxidation sites excluding steroid dienone is 1. The monoisotopic (exact) mass is 226 g/mol. The highest BCUT2D eigenvalue weighted by Gasteiger charge is 2.38. The molecule has 0 radical (unpaired) electrons. The molecule has 17 heavy (non-hydrogen) atoms. The van der Waals surface area contributed by atoms with Crippen molar-refractivity contribution in [1.29, 1.82) is 0 Å². The first-order chi connectivity index (χ1) is 8.31. The van der Waals surface area contributed by atoms with Crippen molar-refractivity contribution in [3.8, 4) is 0 Å². The molecule has 0 spiro atoms. The van der Waals surface area contributed by atoms with E-state index in [0.29, 0.717) is 0 Å². The minimum atomic E-state index is 0.994. The van der Waals surface area contributed by atoms with Crippen molar-refractivity contribution in [2.75, 3.05) is 0 Å². The van der Waals surface area contributed by atoms with Gasteiger partial charge in [0.2, 0.25) is 0 Å². The number of benzene rings is 1. The zero-order valence-electron chi connectivity index (χ0n) is 10.7. The van der Waals surface area contributed by atoms with Crippen LogP contribution in [0, 0.1) is 17.8 Å². The Bertz CT molecular complexity index is 401. The minimum absolute atomic E-state index is 0.994. The van der Waals surface area contributed by atoms with Gasteiger partial charge in [0.15, 0.2) is 0 Å². The van der Waals surface area contributed by atoms with Crippen molar-refractivity contribution in [3.05, 3.63) is 41.5 Å². The van der Waals surface area contributed by atoms with Crippen LogP contribution < -0.4 is 0 Å². The zero-order valence-corrected chi connectivity index (χ0v) is 10.7. The predicted octanol–water partition coefficient (Wildman–Crippen LogP) is 4.92. The first-order valence-corrected chi connectivity index (χ1v) is 7.03. The van der Waals surface area contributed by atoms with Gasteiger partial charge in [0.05, 0.1) is 0 Å². The molecule has 0 nitrogen and oxygen atoms in total. The van der Waals surface area contributed by atoms with E-state index in [4.69, 9.17) is 0 Å². The van der Waals surface area contributed by atoms with Crippen molar-refractivity contribution in [2.45, 2.75) is 39.0 Å². The summed E-state index contributed by atoms with van der Waals surface area (Å²) in [7, 11) is 0. The van der Waals surface area contributed by atoms with E-state index in [1.54, 1.807) is 5.57 Å². The van der Waals surface area contributed by atoms with Crippen LogP contribution in [0.1, 0.15) is 44.6 Å². The number of fused-ring (bicyclic) bond motifs is 2. The van der Waals surface area contributed by atoms with Crippen molar-refractivity contribution < 1.29 is 0 Å². The second kappa shape index (κ2) is 4.68. The molecule has 1 aromatic rings. The number of hydrogen-bond acceptors (Lipinski definition) is 0. The van der Waals surface area contributed by atoms with E-state index in [1.165, 1.54) is 37.7 Å². The van der Waals surface area contributed by atoms with Crippen LogP contribution in [0.15, 0.2) is 35.9 Å². The molecule has 90 valence electrons. The van der Waals surface area contributed by atoms with E-state index in [0.717, 1.165) is 17.8 Å². The fourth-order valence-electron chi connectivity index (χ4n) is 3.93. The predicted molar refractivity (Wildman–Crippen MR) is 73.6 cm³/mol. The lowest BCUT2D eigenvalue weighted by molar-refractivity contribution is 0.331. The van der Waals surface area contributed by atoms with Crippen LogP contribution in [0.25, 0.3) is 6.08 Å². The molecule has 2 aliphatic rings. The quantitative estimate of drug-likeness (QED) is 0.686. The lowest BCUT2D eigenvalue weighted by Gasteiger charge is -2.21. The molecular formula is C17H22. The van der Waals surface area contributed by atoms with Gasteiger partial charge in [-0.25, -0.2) is 0 Å². The standard InChI is InChI=1S/C17H22/c1-13(9-14-5-3-2-4-6-14)10-17-12-15-7-8-16(17)11-15/h2-6,9,15-17H,7-8,10-12H2,1H3/b13-9+. The molecule has 2 saturated carbocycles. The highest BCUT2D eigenvalue weighted by Crippen LogP contribution is 2.50. The van der Waals surface area contributed by atoms with Gasteiger partial charge in [-0.1, -0.05) is 48.4 Å². The molecule has 3 atom stereocenters. The molecule has 0 aliphatic heterocycles. The molecule has 2 aliphatic carbocycles. The van der Waals surface area contributed by atoms with Gasteiger partial charge in [0.25, 0.3) is 0 Å². The van der Waals surface area contributed by atoms with Crippen LogP contribution in [0.2, 0.25) is 0 Å². The third kappa shape index (κ3) is 2.46. The van der Waals surface area contributed by atoms with E-state index in [2.05, 4.69) is 43.3 Å². The lowest BCUT2D eigenvalue weighted by atomic mass is 9.84. The van der Waals surface area contributed by atoms with Gasteiger partial charge in [-0.2, -0.15) is 0 Å². The largest absolute Gasteiger partial charge is 0.0724 e. The van der Waals surface area contributed by atoms with Crippen LogP contribution in [0.3, 0.4) is 0 Å². The van der Waals surface area contributed by atoms with Crippen LogP contribution in [-0.2, 0) is 0 Å². The Morgan fingerprint density at radius 1 is 1.18 bits per heavy atom. The van der Waals surface area contributed by atoms with Crippen molar-refractivity contribution in [1.82, 2.24) is 0 Å². The normalized spacial score (nSPS) is 32.1. The maximum atomic E-state index is 2.37. The summed E-state index contributed by atoms with van der Waals surface area (Å²) in [5, 5.41) is 0.